The molecule has 2 aromatic carbocycles. The molecule has 27 heavy (non-hydrogen) atoms. The van der Waals surface area contributed by atoms with Crippen LogP contribution in [0.1, 0.15) is 18.4 Å². The van der Waals surface area contributed by atoms with Crippen molar-refractivity contribution < 1.29 is 19.4 Å². The molecule has 1 heterocycles. The van der Waals surface area contributed by atoms with E-state index in [1.165, 1.54) is 0 Å². The number of carbonyl (C=O) groups excluding carboxylic acids is 1. The average Bonchev–Trinajstić information content (AvgIpc) is 2.70. The SMILES string of the molecule is COc1cc(NC(=O)CN2CCC(O)(c3ccccc3)CC2)cc(OC)c1. The van der Waals surface area contributed by atoms with Crippen molar-refractivity contribution in [3.8, 4) is 11.5 Å². The highest BCUT2D eigenvalue weighted by molar-refractivity contribution is 5.92. The van der Waals surface area contributed by atoms with E-state index in [4.69, 9.17) is 9.47 Å². The van der Waals surface area contributed by atoms with Crippen LogP contribution in [0.4, 0.5) is 5.69 Å². The number of anilines is 1. The zero-order valence-corrected chi connectivity index (χ0v) is 15.8. The first-order valence-corrected chi connectivity index (χ1v) is 9.05. The van der Waals surface area contributed by atoms with Gasteiger partial charge in [0.15, 0.2) is 0 Å². The van der Waals surface area contributed by atoms with Gasteiger partial charge in [-0.05, 0) is 18.4 Å². The maximum absolute atomic E-state index is 12.4. The van der Waals surface area contributed by atoms with Gasteiger partial charge in [-0.15, -0.1) is 0 Å². The van der Waals surface area contributed by atoms with Crippen LogP contribution < -0.4 is 14.8 Å². The minimum atomic E-state index is -0.811. The summed E-state index contributed by atoms with van der Waals surface area (Å²) in [5, 5.41) is 13.8. The molecule has 1 fully saturated rings. The first-order chi connectivity index (χ1) is 13.0. The first-order valence-electron chi connectivity index (χ1n) is 9.05. The summed E-state index contributed by atoms with van der Waals surface area (Å²) in [6.45, 7) is 1.62. The number of ether oxygens (including phenoxy) is 2. The molecule has 144 valence electrons. The summed E-state index contributed by atoms with van der Waals surface area (Å²) >= 11 is 0. The van der Waals surface area contributed by atoms with Crippen molar-refractivity contribution >= 4 is 11.6 Å². The molecule has 0 radical (unpaired) electrons. The van der Waals surface area contributed by atoms with Gasteiger partial charge in [-0.2, -0.15) is 0 Å². The molecule has 6 heteroatoms. The second-order valence-corrected chi connectivity index (χ2v) is 6.82. The summed E-state index contributed by atoms with van der Waals surface area (Å²) in [5.41, 5.74) is 0.764. The van der Waals surface area contributed by atoms with Crippen molar-refractivity contribution in [2.45, 2.75) is 18.4 Å². The van der Waals surface area contributed by atoms with E-state index in [9.17, 15) is 9.90 Å². The van der Waals surface area contributed by atoms with Gasteiger partial charge in [-0.3, -0.25) is 9.69 Å². The van der Waals surface area contributed by atoms with Crippen molar-refractivity contribution in [2.75, 3.05) is 39.2 Å². The van der Waals surface area contributed by atoms with Crippen LogP contribution in [0.5, 0.6) is 11.5 Å². The van der Waals surface area contributed by atoms with Crippen LogP contribution in [-0.2, 0) is 10.4 Å². The topological polar surface area (TPSA) is 71.0 Å². The Morgan fingerprint density at radius 2 is 1.67 bits per heavy atom. The Kier molecular flexibility index (Phi) is 5.98. The zero-order chi connectivity index (χ0) is 19.3. The molecule has 1 aliphatic heterocycles. The number of nitrogens with one attached hydrogen (secondary N) is 1. The van der Waals surface area contributed by atoms with Gasteiger partial charge in [0.05, 0.1) is 26.4 Å². The van der Waals surface area contributed by atoms with Gasteiger partial charge in [-0.1, -0.05) is 30.3 Å². The van der Waals surface area contributed by atoms with Crippen LogP contribution in [0.15, 0.2) is 48.5 Å². The van der Waals surface area contributed by atoms with E-state index >= 15 is 0 Å². The van der Waals surface area contributed by atoms with Gasteiger partial charge < -0.3 is 19.9 Å². The number of nitrogens with zero attached hydrogens (tertiary/aromatic N) is 1. The Morgan fingerprint density at radius 3 is 2.22 bits per heavy atom. The normalized spacial score (nSPS) is 16.6. The molecule has 0 atom stereocenters. The highest BCUT2D eigenvalue weighted by Gasteiger charge is 2.34. The lowest BCUT2D eigenvalue weighted by atomic mass is 9.84. The number of amides is 1. The number of carbonyl (C=O) groups is 1. The van der Waals surface area contributed by atoms with Crippen molar-refractivity contribution in [1.82, 2.24) is 4.90 Å². The fourth-order valence-corrected chi connectivity index (χ4v) is 3.40. The van der Waals surface area contributed by atoms with Gasteiger partial charge in [0.25, 0.3) is 0 Å². The van der Waals surface area contributed by atoms with E-state index in [0.29, 0.717) is 43.1 Å². The highest BCUT2D eigenvalue weighted by Crippen LogP contribution is 2.32. The van der Waals surface area contributed by atoms with Crippen LogP contribution in [0.3, 0.4) is 0 Å². The second-order valence-electron chi connectivity index (χ2n) is 6.82. The largest absolute Gasteiger partial charge is 0.497 e. The number of benzene rings is 2. The lowest BCUT2D eigenvalue weighted by Crippen LogP contribution is -2.45. The second kappa shape index (κ2) is 8.41. The van der Waals surface area contributed by atoms with E-state index in [0.717, 1.165) is 5.56 Å². The van der Waals surface area contributed by atoms with E-state index < -0.39 is 5.60 Å². The van der Waals surface area contributed by atoms with Crippen LogP contribution in [-0.4, -0.2) is 49.8 Å². The summed E-state index contributed by atoms with van der Waals surface area (Å²) < 4.78 is 10.4. The predicted octanol–water partition coefficient (Wildman–Crippen LogP) is 2.63. The molecule has 0 spiro atoms. The monoisotopic (exact) mass is 370 g/mol. The molecule has 0 aromatic heterocycles. The van der Waals surface area contributed by atoms with Crippen LogP contribution in [0.2, 0.25) is 0 Å². The Labute approximate surface area is 159 Å². The molecular formula is C21H26N2O4. The Bertz CT molecular complexity index is 749. The third-order valence-corrected chi connectivity index (χ3v) is 5.00. The fourth-order valence-electron chi connectivity index (χ4n) is 3.40. The van der Waals surface area contributed by atoms with E-state index in [2.05, 4.69) is 10.2 Å². The lowest BCUT2D eigenvalue weighted by Gasteiger charge is -2.38. The smallest absolute Gasteiger partial charge is 0.238 e. The molecule has 2 aromatic rings. The number of hydrogen-bond acceptors (Lipinski definition) is 5. The molecule has 6 nitrogen and oxygen atoms in total. The molecule has 2 N–H and O–H groups in total. The third-order valence-electron chi connectivity index (χ3n) is 5.00. The van der Waals surface area contributed by atoms with Crippen molar-refractivity contribution in [3.63, 3.8) is 0 Å². The molecule has 1 saturated heterocycles. The number of hydrogen-bond donors (Lipinski definition) is 2. The molecule has 0 saturated carbocycles. The van der Waals surface area contributed by atoms with Crippen LogP contribution in [0, 0.1) is 0 Å². The summed E-state index contributed by atoms with van der Waals surface area (Å²) in [4.78, 5) is 14.5. The van der Waals surface area contributed by atoms with Gasteiger partial charge in [0.2, 0.25) is 5.91 Å². The minimum absolute atomic E-state index is 0.101. The predicted molar refractivity (Wildman–Crippen MR) is 104 cm³/mol. The summed E-state index contributed by atoms with van der Waals surface area (Å²) in [6.07, 6.45) is 1.22. The molecular weight excluding hydrogens is 344 g/mol. The Balaban J connectivity index is 1.56. The standard InChI is InChI=1S/C21H26N2O4/c1-26-18-12-17(13-19(14-18)27-2)22-20(24)15-23-10-8-21(25,9-11-23)16-6-4-3-5-7-16/h3-7,12-14,25H,8-11,15H2,1-2H3,(H,22,24). The van der Waals surface area contributed by atoms with E-state index in [1.54, 1.807) is 32.4 Å². The van der Waals surface area contributed by atoms with E-state index in [1.807, 2.05) is 30.3 Å². The van der Waals surface area contributed by atoms with Crippen LogP contribution in [0.25, 0.3) is 0 Å². The summed E-state index contributed by atoms with van der Waals surface area (Å²) in [5.74, 6) is 1.14. The van der Waals surface area contributed by atoms with Gasteiger partial charge in [0, 0.05) is 37.0 Å². The fraction of sp³-hybridized carbons (Fsp3) is 0.381. The summed E-state index contributed by atoms with van der Waals surface area (Å²) in [7, 11) is 3.14. The molecule has 1 amide bonds. The number of piperidine rings is 1. The number of aliphatic hydroxyl groups is 1. The van der Waals surface area contributed by atoms with Gasteiger partial charge in [0.1, 0.15) is 11.5 Å². The summed E-state index contributed by atoms with van der Waals surface area (Å²) in [6, 6.07) is 15.0. The number of likely N-dealkylation sites (tertiary alicyclic amines) is 1. The van der Waals surface area contributed by atoms with E-state index in [-0.39, 0.29) is 12.5 Å². The highest BCUT2D eigenvalue weighted by atomic mass is 16.5. The van der Waals surface area contributed by atoms with Crippen molar-refractivity contribution in [3.05, 3.63) is 54.1 Å². The van der Waals surface area contributed by atoms with Gasteiger partial charge >= 0.3 is 0 Å². The molecule has 0 bridgehead atoms. The first kappa shape index (κ1) is 19.2. The maximum Gasteiger partial charge on any atom is 0.238 e. The Hall–Kier alpha value is -2.57. The lowest BCUT2D eigenvalue weighted by molar-refractivity contribution is -0.118. The average molecular weight is 370 g/mol. The molecule has 1 aliphatic rings. The number of rotatable bonds is 6. The van der Waals surface area contributed by atoms with Crippen LogP contribution >= 0.6 is 0 Å². The minimum Gasteiger partial charge on any atom is -0.497 e. The van der Waals surface area contributed by atoms with Crippen molar-refractivity contribution in [1.29, 1.82) is 0 Å². The quantitative estimate of drug-likeness (QED) is 0.818. The molecule has 0 aliphatic carbocycles. The molecule has 0 unspecified atom stereocenters. The maximum atomic E-state index is 12.4. The van der Waals surface area contributed by atoms with Crippen molar-refractivity contribution in [2.24, 2.45) is 0 Å². The zero-order valence-electron chi connectivity index (χ0n) is 15.8. The number of methoxy groups -OCH3 is 2. The third kappa shape index (κ3) is 4.78. The van der Waals surface area contributed by atoms with Gasteiger partial charge in [-0.25, -0.2) is 0 Å². The molecule has 3 rings (SSSR count). The Morgan fingerprint density at radius 1 is 1.07 bits per heavy atom.